The van der Waals surface area contributed by atoms with E-state index in [0.29, 0.717) is 18.9 Å². The highest BCUT2D eigenvalue weighted by atomic mass is 32.2. The third-order valence-corrected chi connectivity index (χ3v) is 5.76. The van der Waals surface area contributed by atoms with Gasteiger partial charge in [-0.05, 0) is 42.9 Å². The van der Waals surface area contributed by atoms with Crippen LogP contribution in [0.25, 0.3) is 0 Å². The van der Waals surface area contributed by atoms with Crippen molar-refractivity contribution in [1.29, 1.82) is 0 Å². The predicted molar refractivity (Wildman–Crippen MR) is 116 cm³/mol. The van der Waals surface area contributed by atoms with E-state index in [1.54, 1.807) is 30.6 Å². The summed E-state index contributed by atoms with van der Waals surface area (Å²) in [6.07, 6.45) is 4.22. The lowest BCUT2D eigenvalue weighted by Gasteiger charge is -2.11. The van der Waals surface area contributed by atoms with Gasteiger partial charge in [0.25, 0.3) is 0 Å². The minimum absolute atomic E-state index is 0.0921. The second-order valence-electron chi connectivity index (χ2n) is 6.83. The van der Waals surface area contributed by atoms with Crippen LogP contribution in [0.1, 0.15) is 32.5 Å². The van der Waals surface area contributed by atoms with Crippen LogP contribution in [0.5, 0.6) is 5.75 Å². The minimum Gasteiger partial charge on any atom is -0.497 e. The van der Waals surface area contributed by atoms with Gasteiger partial charge in [-0.25, -0.2) is 0 Å². The standard InChI is InChI=1S/C20H30N4O2S2/c1-15(2)14-24-18(22-23-20(24)27-4)6-5-12-21-19(25)11-13-28-17-9-7-16(26-3)8-10-17/h7-10,15H,5-6,11-14H2,1-4H3,(H,21,25). The zero-order chi connectivity index (χ0) is 20.4. The fraction of sp³-hybridized carbons (Fsp3) is 0.550. The van der Waals surface area contributed by atoms with E-state index < -0.39 is 0 Å². The Morgan fingerprint density at radius 2 is 2.00 bits per heavy atom. The summed E-state index contributed by atoms with van der Waals surface area (Å²) in [5.74, 6) is 3.24. The Balaban J connectivity index is 1.66. The monoisotopic (exact) mass is 422 g/mol. The van der Waals surface area contributed by atoms with Crippen LogP contribution in [-0.2, 0) is 17.8 Å². The van der Waals surface area contributed by atoms with E-state index in [0.717, 1.165) is 46.8 Å². The van der Waals surface area contributed by atoms with Crippen LogP contribution < -0.4 is 10.1 Å². The number of rotatable bonds is 12. The zero-order valence-electron chi connectivity index (χ0n) is 17.1. The van der Waals surface area contributed by atoms with Crippen LogP contribution >= 0.6 is 23.5 Å². The van der Waals surface area contributed by atoms with Crippen molar-refractivity contribution in [2.75, 3.05) is 25.7 Å². The van der Waals surface area contributed by atoms with E-state index >= 15 is 0 Å². The number of aryl methyl sites for hydroxylation is 1. The maximum absolute atomic E-state index is 12.0. The van der Waals surface area contributed by atoms with Gasteiger partial charge in [-0.3, -0.25) is 4.79 Å². The number of ether oxygens (including phenoxy) is 1. The number of thioether (sulfide) groups is 2. The SMILES string of the molecule is COc1ccc(SCCC(=O)NCCCc2nnc(SC)n2CC(C)C)cc1. The van der Waals surface area contributed by atoms with Crippen molar-refractivity contribution in [3.05, 3.63) is 30.1 Å². The first kappa shape index (κ1) is 22.6. The number of aromatic nitrogens is 3. The molecule has 1 aromatic carbocycles. The lowest BCUT2D eigenvalue weighted by atomic mass is 10.2. The van der Waals surface area contributed by atoms with Gasteiger partial charge in [-0.2, -0.15) is 0 Å². The molecule has 2 aromatic rings. The predicted octanol–water partition coefficient (Wildman–Crippen LogP) is 3.90. The Bertz CT molecular complexity index is 732. The van der Waals surface area contributed by atoms with E-state index in [-0.39, 0.29) is 5.91 Å². The highest BCUT2D eigenvalue weighted by molar-refractivity contribution is 7.99. The molecule has 8 heteroatoms. The number of benzene rings is 1. The molecule has 0 atom stereocenters. The first-order valence-corrected chi connectivity index (χ1v) is 11.7. The van der Waals surface area contributed by atoms with E-state index in [4.69, 9.17) is 4.74 Å². The molecule has 0 aliphatic heterocycles. The normalized spacial score (nSPS) is 11.0. The molecule has 0 radical (unpaired) electrons. The van der Waals surface area contributed by atoms with E-state index in [2.05, 4.69) is 33.9 Å². The molecule has 0 unspecified atom stereocenters. The van der Waals surface area contributed by atoms with Crippen LogP contribution in [0.4, 0.5) is 0 Å². The maximum Gasteiger partial charge on any atom is 0.220 e. The number of carbonyl (C=O) groups is 1. The van der Waals surface area contributed by atoms with Crippen LogP contribution in [0, 0.1) is 5.92 Å². The summed E-state index contributed by atoms with van der Waals surface area (Å²) in [5.41, 5.74) is 0. The molecule has 0 saturated carbocycles. The molecule has 0 saturated heterocycles. The largest absolute Gasteiger partial charge is 0.497 e. The van der Waals surface area contributed by atoms with Crippen molar-refractivity contribution < 1.29 is 9.53 Å². The Morgan fingerprint density at radius 3 is 2.64 bits per heavy atom. The third-order valence-electron chi connectivity index (χ3n) is 4.08. The highest BCUT2D eigenvalue weighted by Crippen LogP contribution is 2.21. The molecule has 1 amide bonds. The topological polar surface area (TPSA) is 69.0 Å². The molecule has 154 valence electrons. The van der Waals surface area contributed by atoms with Gasteiger partial charge in [-0.15, -0.1) is 22.0 Å². The number of amides is 1. The van der Waals surface area contributed by atoms with Gasteiger partial charge in [0.1, 0.15) is 11.6 Å². The van der Waals surface area contributed by atoms with Gasteiger partial charge in [-0.1, -0.05) is 25.6 Å². The summed E-state index contributed by atoms with van der Waals surface area (Å²) in [6.45, 7) is 5.97. The summed E-state index contributed by atoms with van der Waals surface area (Å²) in [7, 11) is 1.66. The van der Waals surface area contributed by atoms with Crippen molar-refractivity contribution in [2.45, 2.75) is 49.7 Å². The number of hydrogen-bond donors (Lipinski definition) is 1. The molecule has 0 spiro atoms. The van der Waals surface area contributed by atoms with Gasteiger partial charge < -0.3 is 14.6 Å². The van der Waals surface area contributed by atoms with Gasteiger partial charge >= 0.3 is 0 Å². The molecule has 0 fully saturated rings. The van der Waals surface area contributed by atoms with Crippen molar-refractivity contribution in [3.8, 4) is 5.75 Å². The van der Waals surface area contributed by atoms with E-state index in [1.807, 2.05) is 30.5 Å². The second kappa shape index (κ2) is 12.0. The highest BCUT2D eigenvalue weighted by Gasteiger charge is 2.12. The zero-order valence-corrected chi connectivity index (χ0v) is 18.7. The summed E-state index contributed by atoms with van der Waals surface area (Å²) in [6, 6.07) is 7.89. The Kier molecular flexibility index (Phi) is 9.70. The van der Waals surface area contributed by atoms with Gasteiger partial charge in [0.2, 0.25) is 5.91 Å². The Labute approximate surface area is 176 Å². The average molecular weight is 423 g/mol. The smallest absolute Gasteiger partial charge is 0.220 e. The molecule has 6 nitrogen and oxygen atoms in total. The fourth-order valence-electron chi connectivity index (χ4n) is 2.70. The molecule has 1 N–H and O–H groups in total. The molecule has 1 aromatic heterocycles. The number of methoxy groups -OCH3 is 1. The number of carbonyl (C=O) groups excluding carboxylic acids is 1. The average Bonchev–Trinajstić information content (AvgIpc) is 3.06. The summed E-state index contributed by atoms with van der Waals surface area (Å²) in [5, 5.41) is 12.5. The summed E-state index contributed by atoms with van der Waals surface area (Å²) in [4.78, 5) is 13.2. The van der Waals surface area contributed by atoms with Gasteiger partial charge in [0, 0.05) is 36.6 Å². The molecular formula is C20H30N4O2S2. The first-order chi connectivity index (χ1) is 13.5. The number of nitrogens with one attached hydrogen (secondary N) is 1. The quantitative estimate of drug-likeness (QED) is 0.413. The van der Waals surface area contributed by atoms with Crippen LogP contribution in [0.15, 0.2) is 34.3 Å². The van der Waals surface area contributed by atoms with Crippen molar-refractivity contribution in [2.24, 2.45) is 5.92 Å². The summed E-state index contributed by atoms with van der Waals surface area (Å²) >= 11 is 3.30. The van der Waals surface area contributed by atoms with Crippen LogP contribution in [0.3, 0.4) is 0 Å². The Hall–Kier alpha value is -1.67. The lowest BCUT2D eigenvalue weighted by molar-refractivity contribution is -0.120. The van der Waals surface area contributed by atoms with Crippen LogP contribution in [0.2, 0.25) is 0 Å². The number of hydrogen-bond acceptors (Lipinski definition) is 6. The molecular weight excluding hydrogens is 392 g/mol. The Morgan fingerprint density at radius 1 is 1.25 bits per heavy atom. The molecule has 1 heterocycles. The first-order valence-electron chi connectivity index (χ1n) is 9.53. The molecule has 2 rings (SSSR count). The van der Waals surface area contributed by atoms with Crippen molar-refractivity contribution in [1.82, 2.24) is 20.1 Å². The van der Waals surface area contributed by atoms with E-state index in [9.17, 15) is 4.79 Å². The minimum atomic E-state index is 0.0921. The molecule has 28 heavy (non-hydrogen) atoms. The van der Waals surface area contributed by atoms with Crippen molar-refractivity contribution in [3.63, 3.8) is 0 Å². The lowest BCUT2D eigenvalue weighted by Crippen LogP contribution is -2.25. The molecule has 0 aliphatic rings. The third kappa shape index (κ3) is 7.39. The molecule has 0 aliphatic carbocycles. The summed E-state index contributed by atoms with van der Waals surface area (Å²) < 4.78 is 7.35. The van der Waals surface area contributed by atoms with Crippen LogP contribution in [-0.4, -0.2) is 46.3 Å². The van der Waals surface area contributed by atoms with Gasteiger partial charge in [0.15, 0.2) is 5.16 Å². The fourth-order valence-corrected chi connectivity index (χ4v) is 4.07. The maximum atomic E-state index is 12.0. The van der Waals surface area contributed by atoms with Crippen molar-refractivity contribution >= 4 is 29.4 Å². The number of nitrogens with zero attached hydrogens (tertiary/aromatic N) is 3. The van der Waals surface area contributed by atoms with Gasteiger partial charge in [0.05, 0.1) is 7.11 Å². The molecule has 0 bridgehead atoms. The second-order valence-corrected chi connectivity index (χ2v) is 8.78. The van der Waals surface area contributed by atoms with E-state index in [1.165, 1.54) is 0 Å².